The van der Waals surface area contributed by atoms with E-state index < -0.39 is 28.7 Å². The molecule has 0 aromatic carbocycles. The minimum atomic E-state index is -1.23. The van der Waals surface area contributed by atoms with Crippen LogP contribution in [0, 0.1) is 0 Å². The van der Waals surface area contributed by atoms with E-state index in [-0.39, 0.29) is 11.0 Å². The van der Waals surface area contributed by atoms with E-state index in [2.05, 4.69) is 5.32 Å². The fraction of sp³-hybridized carbons (Fsp3) is 0.750. The number of amides is 1. The molecule has 0 radical (unpaired) electrons. The molecule has 0 saturated carbocycles. The van der Waals surface area contributed by atoms with E-state index in [9.17, 15) is 13.8 Å². The summed E-state index contributed by atoms with van der Waals surface area (Å²) in [6.45, 7) is 4.71. The lowest BCUT2D eigenvalue weighted by Gasteiger charge is -2.14. The first-order chi connectivity index (χ1) is 6.34. The average molecular weight is 221 g/mol. The van der Waals surface area contributed by atoms with Crippen LogP contribution >= 0.6 is 0 Å². The zero-order valence-electron chi connectivity index (χ0n) is 8.44. The minimum Gasteiger partial charge on any atom is -0.480 e. The van der Waals surface area contributed by atoms with E-state index in [1.54, 1.807) is 13.8 Å². The third-order valence-corrected chi connectivity index (χ3v) is 3.25. The van der Waals surface area contributed by atoms with Gasteiger partial charge in [0.15, 0.2) is 0 Å². The number of aliphatic carboxylic acids is 1. The highest BCUT2D eigenvalue weighted by Gasteiger charge is 2.22. The molecule has 0 aliphatic carbocycles. The predicted molar refractivity (Wildman–Crippen MR) is 53.4 cm³/mol. The van der Waals surface area contributed by atoms with Crippen molar-refractivity contribution in [1.82, 2.24) is 5.32 Å². The van der Waals surface area contributed by atoms with Crippen molar-refractivity contribution in [2.24, 2.45) is 0 Å². The van der Waals surface area contributed by atoms with Crippen molar-refractivity contribution >= 4 is 22.7 Å². The monoisotopic (exact) mass is 221 g/mol. The predicted octanol–water partition coefficient (Wildman–Crippen LogP) is -0.267. The molecule has 2 atom stereocenters. The Morgan fingerprint density at radius 3 is 2.21 bits per heavy atom. The van der Waals surface area contributed by atoms with Gasteiger partial charge in [-0.2, -0.15) is 0 Å². The number of carbonyl (C=O) groups excluding carboxylic acids is 1. The summed E-state index contributed by atoms with van der Waals surface area (Å²) < 4.78 is 11.3. The largest absolute Gasteiger partial charge is 0.480 e. The molecule has 0 saturated heterocycles. The summed E-state index contributed by atoms with van der Waals surface area (Å²) in [6, 6.07) is -1.06. The number of carboxylic acid groups (broad SMARTS) is 1. The van der Waals surface area contributed by atoms with Gasteiger partial charge in [0.25, 0.3) is 0 Å². The molecule has 6 heteroatoms. The Morgan fingerprint density at radius 2 is 1.93 bits per heavy atom. The summed E-state index contributed by atoms with van der Waals surface area (Å²) in [5.41, 5.74) is 0. The van der Waals surface area contributed by atoms with Crippen LogP contribution in [0.2, 0.25) is 0 Å². The van der Waals surface area contributed by atoms with Crippen LogP contribution in [0.1, 0.15) is 20.8 Å². The van der Waals surface area contributed by atoms with Crippen molar-refractivity contribution in [2.45, 2.75) is 32.1 Å². The van der Waals surface area contributed by atoms with Gasteiger partial charge < -0.3 is 10.4 Å². The van der Waals surface area contributed by atoms with Crippen molar-refractivity contribution in [2.75, 3.05) is 5.75 Å². The molecule has 1 amide bonds. The Hall–Kier alpha value is -0.910. The second kappa shape index (κ2) is 5.74. The molecule has 0 fully saturated rings. The number of carbonyl (C=O) groups is 2. The molecule has 5 nitrogen and oxygen atoms in total. The second-order valence-electron chi connectivity index (χ2n) is 3.19. The maximum Gasteiger partial charge on any atom is 0.327 e. The summed E-state index contributed by atoms with van der Waals surface area (Å²) in [4.78, 5) is 21.3. The van der Waals surface area contributed by atoms with Gasteiger partial charge in [0.1, 0.15) is 6.04 Å². The van der Waals surface area contributed by atoms with Crippen molar-refractivity contribution in [1.29, 1.82) is 0 Å². The van der Waals surface area contributed by atoms with Gasteiger partial charge in [0, 0.05) is 23.0 Å². The number of hydrogen-bond acceptors (Lipinski definition) is 3. The number of nitrogens with one attached hydrogen (secondary N) is 1. The van der Waals surface area contributed by atoms with E-state index in [4.69, 9.17) is 5.11 Å². The minimum absolute atomic E-state index is 0.0490. The van der Waals surface area contributed by atoms with E-state index in [1.807, 2.05) is 0 Å². The molecule has 0 aliphatic heterocycles. The van der Waals surface area contributed by atoms with Gasteiger partial charge in [-0.3, -0.25) is 9.00 Å². The Morgan fingerprint density at radius 1 is 1.43 bits per heavy atom. The third kappa shape index (κ3) is 4.96. The van der Waals surface area contributed by atoms with Gasteiger partial charge in [-0.15, -0.1) is 0 Å². The van der Waals surface area contributed by atoms with Crippen molar-refractivity contribution in [3.63, 3.8) is 0 Å². The van der Waals surface area contributed by atoms with E-state index >= 15 is 0 Å². The molecule has 14 heavy (non-hydrogen) atoms. The molecular formula is C8H15NO4S. The molecule has 82 valence electrons. The standard InChI is InChI=1S/C8H15NO4S/c1-5(2)14(13)4-7(8(11)12)9-6(3)10/h5,7H,4H2,1-3H3,(H,9,10)(H,11,12). The maximum atomic E-state index is 11.3. The van der Waals surface area contributed by atoms with Crippen molar-refractivity contribution in [3.05, 3.63) is 0 Å². The lowest BCUT2D eigenvalue weighted by molar-refractivity contribution is -0.140. The number of hydrogen-bond donors (Lipinski definition) is 2. The van der Waals surface area contributed by atoms with E-state index in [0.29, 0.717) is 0 Å². The molecule has 0 aromatic heterocycles. The van der Waals surface area contributed by atoms with Crippen LogP contribution in [0.4, 0.5) is 0 Å². The topological polar surface area (TPSA) is 83.5 Å². The van der Waals surface area contributed by atoms with Crippen molar-refractivity contribution < 1.29 is 18.9 Å². The Kier molecular flexibility index (Phi) is 5.37. The van der Waals surface area contributed by atoms with Crippen LogP contribution in [-0.4, -0.2) is 38.2 Å². The Balaban J connectivity index is 4.31. The normalized spacial score (nSPS) is 14.9. The van der Waals surface area contributed by atoms with Crippen LogP contribution in [0.15, 0.2) is 0 Å². The fourth-order valence-corrected chi connectivity index (χ4v) is 1.72. The molecule has 0 rings (SSSR count). The van der Waals surface area contributed by atoms with E-state index in [0.717, 1.165) is 0 Å². The van der Waals surface area contributed by atoms with Crippen LogP contribution in [0.5, 0.6) is 0 Å². The van der Waals surface area contributed by atoms with Gasteiger partial charge in [0.05, 0.1) is 5.75 Å². The third-order valence-electron chi connectivity index (χ3n) is 1.53. The smallest absolute Gasteiger partial charge is 0.327 e. The molecule has 0 aliphatic rings. The second-order valence-corrected chi connectivity index (χ2v) is 5.23. The highest BCUT2D eigenvalue weighted by atomic mass is 32.2. The zero-order chi connectivity index (χ0) is 11.3. The fourth-order valence-electron chi connectivity index (χ4n) is 0.777. The Labute approximate surface area is 85.3 Å². The SMILES string of the molecule is CC(=O)NC(CS(=O)C(C)C)C(=O)O. The highest BCUT2D eigenvalue weighted by molar-refractivity contribution is 7.85. The summed E-state index contributed by atoms with van der Waals surface area (Å²) in [5.74, 6) is -1.64. The van der Waals surface area contributed by atoms with Crippen LogP contribution in [0.25, 0.3) is 0 Å². The molecule has 0 bridgehead atoms. The summed E-state index contributed by atoms with van der Waals surface area (Å²) in [7, 11) is -1.23. The molecular weight excluding hydrogens is 206 g/mol. The first-order valence-electron chi connectivity index (χ1n) is 4.21. The maximum absolute atomic E-state index is 11.3. The highest BCUT2D eigenvalue weighted by Crippen LogP contribution is 1.98. The zero-order valence-corrected chi connectivity index (χ0v) is 9.26. The van der Waals surface area contributed by atoms with Gasteiger partial charge in [-0.05, 0) is 0 Å². The summed E-state index contributed by atoms with van der Waals surface area (Å²) >= 11 is 0. The van der Waals surface area contributed by atoms with Crippen LogP contribution in [-0.2, 0) is 20.4 Å². The quantitative estimate of drug-likeness (QED) is 0.669. The molecule has 0 heterocycles. The lowest BCUT2D eigenvalue weighted by atomic mass is 10.3. The summed E-state index contributed by atoms with van der Waals surface area (Å²) in [5, 5.41) is 10.8. The van der Waals surface area contributed by atoms with Gasteiger partial charge >= 0.3 is 5.97 Å². The molecule has 2 unspecified atom stereocenters. The van der Waals surface area contributed by atoms with Gasteiger partial charge in [-0.1, -0.05) is 13.8 Å². The molecule has 0 aromatic rings. The number of rotatable bonds is 5. The van der Waals surface area contributed by atoms with Gasteiger partial charge in [-0.25, -0.2) is 4.79 Å². The van der Waals surface area contributed by atoms with Gasteiger partial charge in [0.2, 0.25) is 5.91 Å². The van der Waals surface area contributed by atoms with Crippen LogP contribution in [0.3, 0.4) is 0 Å². The molecule has 2 N–H and O–H groups in total. The van der Waals surface area contributed by atoms with Crippen LogP contribution < -0.4 is 5.32 Å². The Bertz CT molecular complexity index is 252. The summed E-state index contributed by atoms with van der Waals surface area (Å²) in [6.07, 6.45) is 0. The first-order valence-corrected chi connectivity index (χ1v) is 5.60. The van der Waals surface area contributed by atoms with Crippen molar-refractivity contribution in [3.8, 4) is 0 Å². The average Bonchev–Trinajstić information content (AvgIpc) is 2.01. The molecule has 0 spiro atoms. The van der Waals surface area contributed by atoms with E-state index in [1.165, 1.54) is 6.92 Å². The lowest BCUT2D eigenvalue weighted by Crippen LogP contribution is -2.44. The number of carboxylic acids is 1. The first kappa shape index (κ1) is 13.1.